The second-order valence-corrected chi connectivity index (χ2v) is 4.45. The molecule has 0 aliphatic carbocycles. The molecule has 0 unspecified atom stereocenters. The van der Waals surface area contributed by atoms with Crippen molar-refractivity contribution in [2.75, 3.05) is 13.7 Å². The molecule has 2 heterocycles. The van der Waals surface area contributed by atoms with Crippen LogP contribution in [0.15, 0.2) is 12.1 Å². The van der Waals surface area contributed by atoms with Crippen LogP contribution in [0.5, 0.6) is 5.75 Å². The van der Waals surface area contributed by atoms with Gasteiger partial charge < -0.3 is 15.0 Å². The highest BCUT2D eigenvalue weighted by atomic mass is 35.5. The molecule has 2 N–H and O–H groups in total. The molecule has 0 bridgehead atoms. The van der Waals surface area contributed by atoms with Crippen molar-refractivity contribution in [1.29, 1.82) is 0 Å². The molecule has 1 aromatic heterocycles. The van der Waals surface area contributed by atoms with Crippen LogP contribution in [0.3, 0.4) is 0 Å². The number of H-pyrrole nitrogens is 1. The van der Waals surface area contributed by atoms with Gasteiger partial charge in [-0.1, -0.05) is 11.6 Å². The van der Waals surface area contributed by atoms with Gasteiger partial charge in [0.25, 0.3) is 0 Å². The van der Waals surface area contributed by atoms with Crippen LogP contribution >= 0.6 is 24.0 Å². The van der Waals surface area contributed by atoms with E-state index in [1.54, 1.807) is 7.11 Å². The van der Waals surface area contributed by atoms with Crippen LogP contribution < -0.4 is 10.1 Å². The van der Waals surface area contributed by atoms with Gasteiger partial charge in [-0.2, -0.15) is 0 Å². The maximum Gasteiger partial charge on any atom is 0.121 e. The molecule has 3 rings (SSSR count). The summed E-state index contributed by atoms with van der Waals surface area (Å²) in [5.74, 6) is 0.810. The van der Waals surface area contributed by atoms with E-state index in [1.807, 2.05) is 12.1 Å². The van der Waals surface area contributed by atoms with E-state index in [0.29, 0.717) is 0 Å². The summed E-state index contributed by atoms with van der Waals surface area (Å²) < 4.78 is 5.24. The predicted octanol–water partition coefficient (Wildman–Crippen LogP) is 2.90. The summed E-state index contributed by atoms with van der Waals surface area (Å²) in [4.78, 5) is 3.41. The van der Waals surface area contributed by atoms with E-state index in [9.17, 15) is 0 Å². The van der Waals surface area contributed by atoms with E-state index in [4.69, 9.17) is 16.3 Å². The first kappa shape index (κ1) is 12.6. The topological polar surface area (TPSA) is 37.0 Å². The lowest BCUT2D eigenvalue weighted by Crippen LogP contribution is -2.22. The van der Waals surface area contributed by atoms with Crippen molar-refractivity contribution in [2.45, 2.75) is 13.0 Å². The minimum Gasteiger partial charge on any atom is -0.497 e. The predicted molar refractivity (Wildman–Crippen MR) is 72.5 cm³/mol. The second kappa shape index (κ2) is 4.77. The third-order valence-corrected chi connectivity index (χ3v) is 3.42. The Morgan fingerprint density at radius 3 is 2.94 bits per heavy atom. The Bertz CT molecular complexity index is 551. The molecule has 0 fully saturated rings. The number of hydrogen-bond acceptors (Lipinski definition) is 2. The minimum absolute atomic E-state index is 0. The molecule has 1 aromatic carbocycles. The largest absolute Gasteiger partial charge is 0.497 e. The van der Waals surface area contributed by atoms with Gasteiger partial charge in [0.2, 0.25) is 0 Å². The molecule has 3 nitrogen and oxygen atoms in total. The Hall–Kier alpha value is -0.900. The zero-order valence-corrected chi connectivity index (χ0v) is 11.0. The van der Waals surface area contributed by atoms with Crippen LogP contribution in [0.4, 0.5) is 0 Å². The fraction of sp³-hybridized carbons (Fsp3) is 0.333. The van der Waals surface area contributed by atoms with Crippen LogP contribution in [0.1, 0.15) is 11.3 Å². The number of nitrogens with one attached hydrogen (secondary N) is 2. The highest BCUT2D eigenvalue weighted by Gasteiger charge is 2.17. The zero-order valence-electron chi connectivity index (χ0n) is 9.47. The quantitative estimate of drug-likeness (QED) is 0.838. The van der Waals surface area contributed by atoms with Gasteiger partial charge >= 0.3 is 0 Å². The molecule has 0 spiro atoms. The van der Waals surface area contributed by atoms with Gasteiger partial charge in [-0.25, -0.2) is 0 Å². The third-order valence-electron chi connectivity index (χ3n) is 3.12. The van der Waals surface area contributed by atoms with Crippen LogP contribution in [-0.4, -0.2) is 18.6 Å². The van der Waals surface area contributed by atoms with Crippen LogP contribution in [0, 0.1) is 0 Å². The van der Waals surface area contributed by atoms with Gasteiger partial charge in [0.05, 0.1) is 17.6 Å². The Labute approximate surface area is 111 Å². The average Bonchev–Trinajstić information content (AvgIpc) is 2.68. The number of ether oxygens (including phenoxy) is 1. The van der Waals surface area contributed by atoms with Crippen molar-refractivity contribution < 1.29 is 4.74 Å². The maximum absolute atomic E-state index is 6.23. The van der Waals surface area contributed by atoms with E-state index in [-0.39, 0.29) is 12.4 Å². The van der Waals surface area contributed by atoms with Crippen LogP contribution in [0.25, 0.3) is 10.9 Å². The Morgan fingerprint density at radius 1 is 1.35 bits per heavy atom. The normalized spacial score (nSPS) is 14.2. The molecule has 0 amide bonds. The fourth-order valence-electron chi connectivity index (χ4n) is 2.30. The molecule has 0 radical (unpaired) electrons. The van der Waals surface area contributed by atoms with E-state index in [0.717, 1.165) is 35.8 Å². The molecule has 2 aromatic rings. The smallest absolute Gasteiger partial charge is 0.121 e. The van der Waals surface area contributed by atoms with Crippen LogP contribution in [0.2, 0.25) is 5.02 Å². The molecular formula is C12H14Cl2N2O. The zero-order chi connectivity index (χ0) is 11.1. The second-order valence-electron chi connectivity index (χ2n) is 4.04. The fourth-order valence-corrected chi connectivity index (χ4v) is 2.55. The van der Waals surface area contributed by atoms with Crippen molar-refractivity contribution in [3.05, 3.63) is 28.4 Å². The first-order valence-corrected chi connectivity index (χ1v) is 5.75. The van der Waals surface area contributed by atoms with Crippen molar-refractivity contribution in [3.63, 3.8) is 0 Å². The van der Waals surface area contributed by atoms with Crippen LogP contribution in [-0.2, 0) is 13.0 Å². The molecule has 1 aliphatic rings. The summed E-state index contributed by atoms with van der Waals surface area (Å²) in [6, 6.07) is 3.89. The number of halogens is 2. The monoisotopic (exact) mass is 272 g/mol. The van der Waals surface area contributed by atoms with E-state index >= 15 is 0 Å². The number of benzene rings is 1. The summed E-state index contributed by atoms with van der Waals surface area (Å²) >= 11 is 6.23. The number of fused-ring (bicyclic) bond motifs is 3. The van der Waals surface area contributed by atoms with E-state index < -0.39 is 0 Å². The molecule has 0 saturated carbocycles. The van der Waals surface area contributed by atoms with E-state index in [1.165, 1.54) is 16.6 Å². The van der Waals surface area contributed by atoms with Gasteiger partial charge in [-0.3, -0.25) is 0 Å². The highest BCUT2D eigenvalue weighted by Crippen LogP contribution is 2.33. The van der Waals surface area contributed by atoms with Crippen molar-refractivity contribution in [1.82, 2.24) is 10.3 Å². The summed E-state index contributed by atoms with van der Waals surface area (Å²) in [7, 11) is 1.66. The molecule has 92 valence electrons. The average molecular weight is 273 g/mol. The lowest BCUT2D eigenvalue weighted by atomic mass is 10.1. The number of hydrogen-bond donors (Lipinski definition) is 2. The minimum atomic E-state index is 0. The molecular weight excluding hydrogens is 259 g/mol. The van der Waals surface area contributed by atoms with Gasteiger partial charge in [0.1, 0.15) is 5.75 Å². The summed E-state index contributed by atoms with van der Waals surface area (Å²) in [6.07, 6.45) is 1.03. The van der Waals surface area contributed by atoms with Gasteiger partial charge in [0.15, 0.2) is 0 Å². The number of aromatic nitrogens is 1. The third kappa shape index (κ3) is 1.99. The Balaban J connectivity index is 0.00000108. The van der Waals surface area contributed by atoms with E-state index in [2.05, 4.69) is 10.3 Å². The van der Waals surface area contributed by atoms with Crippen molar-refractivity contribution in [2.24, 2.45) is 0 Å². The summed E-state index contributed by atoms with van der Waals surface area (Å²) in [5.41, 5.74) is 3.64. The molecule has 0 atom stereocenters. The number of aromatic amines is 1. The van der Waals surface area contributed by atoms with Gasteiger partial charge in [0, 0.05) is 36.7 Å². The number of rotatable bonds is 1. The first-order valence-electron chi connectivity index (χ1n) is 5.37. The van der Waals surface area contributed by atoms with Crippen molar-refractivity contribution >= 4 is 34.9 Å². The molecule has 17 heavy (non-hydrogen) atoms. The SMILES string of the molecule is COc1cc(Cl)c2[nH]c3c(c2c1)CNCC3.Cl. The standard InChI is InChI=1S/C12H13ClN2O.ClH/c1-16-7-4-8-9-6-14-3-2-11(9)15-12(8)10(13)5-7;/h4-5,14-15H,2-3,6H2,1H3;1H. The summed E-state index contributed by atoms with van der Waals surface area (Å²) in [6.45, 7) is 1.92. The van der Waals surface area contributed by atoms with Crippen molar-refractivity contribution in [3.8, 4) is 5.75 Å². The molecule has 0 saturated heterocycles. The van der Waals surface area contributed by atoms with Gasteiger partial charge in [-0.05, 0) is 11.6 Å². The lowest BCUT2D eigenvalue weighted by molar-refractivity contribution is 0.415. The first-order chi connectivity index (χ1) is 7.79. The summed E-state index contributed by atoms with van der Waals surface area (Å²) in [5, 5.41) is 5.27. The Kier molecular flexibility index (Phi) is 3.52. The highest BCUT2D eigenvalue weighted by molar-refractivity contribution is 6.35. The maximum atomic E-state index is 6.23. The molecule has 1 aliphatic heterocycles. The Morgan fingerprint density at radius 2 is 2.18 bits per heavy atom. The molecule has 5 heteroatoms. The lowest BCUT2D eigenvalue weighted by Gasteiger charge is -2.12. The number of methoxy groups -OCH3 is 1. The van der Waals surface area contributed by atoms with Gasteiger partial charge in [-0.15, -0.1) is 12.4 Å².